The van der Waals surface area contributed by atoms with Gasteiger partial charge in [-0.2, -0.15) is 0 Å². The molecule has 0 aromatic heterocycles. The Hall–Kier alpha value is -1.10. The summed E-state index contributed by atoms with van der Waals surface area (Å²) in [4.78, 5) is 25.2. The molecule has 162 valence electrons. The minimum atomic E-state index is -1.20. The van der Waals surface area contributed by atoms with Crippen LogP contribution >= 0.6 is 0 Å². The highest BCUT2D eigenvalue weighted by atomic mass is 16.6. The summed E-state index contributed by atoms with van der Waals surface area (Å²) in [5, 5.41) is 10.5. The van der Waals surface area contributed by atoms with Crippen LogP contribution in [0.1, 0.15) is 105 Å². The molecule has 5 nitrogen and oxygen atoms in total. The van der Waals surface area contributed by atoms with Gasteiger partial charge in [0, 0.05) is 0 Å². The molecule has 0 heterocycles. The lowest BCUT2D eigenvalue weighted by Crippen LogP contribution is -2.59. The molecule has 0 saturated heterocycles. The quantitative estimate of drug-likeness (QED) is 0.575. The molecule has 0 aromatic rings. The summed E-state index contributed by atoms with van der Waals surface area (Å²) in [6.07, 6.45) is 10.2. The maximum atomic E-state index is 12.8. The zero-order valence-electron chi connectivity index (χ0n) is 18.5. The summed E-state index contributed by atoms with van der Waals surface area (Å²) in [5.74, 6) is -1.16. The summed E-state index contributed by atoms with van der Waals surface area (Å²) in [5.41, 5.74) is -2.66. The van der Waals surface area contributed by atoms with E-state index in [0.29, 0.717) is 0 Å². The molecule has 2 rings (SSSR count). The maximum absolute atomic E-state index is 12.8. The van der Waals surface area contributed by atoms with E-state index in [4.69, 9.17) is 9.47 Å². The SMILES string of the molecule is CC(C)(C)OC(=O)CC(C)(C)OC(C(=O)O)(C1CCCCC1)C1CCCCC1. The molecule has 0 bridgehead atoms. The fourth-order valence-electron chi connectivity index (χ4n) is 5.17. The lowest BCUT2D eigenvalue weighted by Gasteiger charge is -2.49. The number of esters is 1. The highest BCUT2D eigenvalue weighted by Gasteiger charge is 2.55. The van der Waals surface area contributed by atoms with E-state index >= 15 is 0 Å². The van der Waals surface area contributed by atoms with Crippen LogP contribution in [0, 0.1) is 11.8 Å². The van der Waals surface area contributed by atoms with E-state index in [0.717, 1.165) is 64.2 Å². The lowest BCUT2D eigenvalue weighted by molar-refractivity contribution is -0.226. The molecule has 0 unspecified atom stereocenters. The van der Waals surface area contributed by atoms with Gasteiger partial charge in [0.15, 0.2) is 5.60 Å². The van der Waals surface area contributed by atoms with Crippen LogP contribution in [0.2, 0.25) is 0 Å². The molecule has 0 radical (unpaired) electrons. The average Bonchev–Trinajstić information content (AvgIpc) is 2.58. The van der Waals surface area contributed by atoms with Gasteiger partial charge in [-0.15, -0.1) is 0 Å². The zero-order chi connectivity index (χ0) is 21.0. The summed E-state index contributed by atoms with van der Waals surface area (Å²) in [6, 6.07) is 0. The Morgan fingerprint density at radius 2 is 1.25 bits per heavy atom. The molecule has 2 fully saturated rings. The van der Waals surface area contributed by atoms with Gasteiger partial charge in [-0.25, -0.2) is 4.79 Å². The summed E-state index contributed by atoms with van der Waals surface area (Å²) < 4.78 is 12.0. The van der Waals surface area contributed by atoms with Crippen LogP contribution < -0.4 is 0 Å². The van der Waals surface area contributed by atoms with Crippen molar-refractivity contribution in [2.45, 2.75) is 122 Å². The number of aliphatic carboxylic acids is 1. The van der Waals surface area contributed by atoms with Crippen LogP contribution in [0.3, 0.4) is 0 Å². The molecule has 0 spiro atoms. The van der Waals surface area contributed by atoms with E-state index in [1.165, 1.54) is 0 Å². The second-order valence-electron chi connectivity index (χ2n) is 10.4. The number of carbonyl (C=O) groups is 2. The Bertz CT molecular complexity index is 516. The molecule has 2 saturated carbocycles. The van der Waals surface area contributed by atoms with E-state index in [1.54, 1.807) is 0 Å². The van der Waals surface area contributed by atoms with Gasteiger partial charge in [0.25, 0.3) is 0 Å². The fraction of sp³-hybridized carbons (Fsp3) is 0.913. The molecular weight excluding hydrogens is 356 g/mol. The number of carboxylic acid groups (broad SMARTS) is 1. The fourth-order valence-corrected chi connectivity index (χ4v) is 5.17. The first-order valence-corrected chi connectivity index (χ1v) is 11.1. The predicted molar refractivity (Wildman–Crippen MR) is 109 cm³/mol. The van der Waals surface area contributed by atoms with Crippen molar-refractivity contribution < 1.29 is 24.2 Å². The number of rotatable bonds is 7. The van der Waals surface area contributed by atoms with Crippen LogP contribution in [-0.2, 0) is 19.1 Å². The smallest absolute Gasteiger partial charge is 0.336 e. The van der Waals surface area contributed by atoms with Crippen LogP contribution in [0.4, 0.5) is 0 Å². The van der Waals surface area contributed by atoms with Crippen molar-refractivity contribution in [3.8, 4) is 0 Å². The molecular formula is C23H40O5. The van der Waals surface area contributed by atoms with Crippen molar-refractivity contribution in [2.75, 3.05) is 0 Å². The van der Waals surface area contributed by atoms with Crippen LogP contribution in [0.5, 0.6) is 0 Å². The minimum Gasteiger partial charge on any atom is -0.479 e. The monoisotopic (exact) mass is 396 g/mol. The normalized spacial score (nSPS) is 20.8. The molecule has 2 aliphatic carbocycles. The number of carbonyl (C=O) groups excluding carboxylic acids is 1. The van der Waals surface area contributed by atoms with Crippen molar-refractivity contribution in [3.63, 3.8) is 0 Å². The Morgan fingerprint density at radius 3 is 1.61 bits per heavy atom. The Labute approximate surface area is 170 Å². The van der Waals surface area contributed by atoms with Crippen molar-refractivity contribution in [2.24, 2.45) is 11.8 Å². The Morgan fingerprint density at radius 1 is 0.821 bits per heavy atom. The number of ether oxygens (including phenoxy) is 2. The summed E-state index contributed by atoms with van der Waals surface area (Å²) in [6.45, 7) is 9.18. The average molecular weight is 397 g/mol. The van der Waals surface area contributed by atoms with Crippen molar-refractivity contribution >= 4 is 11.9 Å². The molecule has 0 aromatic carbocycles. The van der Waals surface area contributed by atoms with Gasteiger partial charge >= 0.3 is 11.9 Å². The largest absolute Gasteiger partial charge is 0.479 e. The first-order valence-electron chi connectivity index (χ1n) is 11.1. The maximum Gasteiger partial charge on any atom is 0.336 e. The first kappa shape index (κ1) is 23.2. The van der Waals surface area contributed by atoms with Gasteiger partial charge in [0.1, 0.15) is 5.60 Å². The number of hydrogen-bond acceptors (Lipinski definition) is 4. The summed E-state index contributed by atoms with van der Waals surface area (Å²) in [7, 11) is 0. The van der Waals surface area contributed by atoms with Gasteiger partial charge in [-0.05, 0) is 72.1 Å². The number of carboxylic acids is 1. The molecule has 5 heteroatoms. The first-order chi connectivity index (χ1) is 13.0. The predicted octanol–water partition coefficient (Wildman–Crippen LogP) is 5.50. The van der Waals surface area contributed by atoms with Crippen molar-refractivity contribution in [1.29, 1.82) is 0 Å². The number of hydrogen-bond donors (Lipinski definition) is 1. The van der Waals surface area contributed by atoms with E-state index in [9.17, 15) is 14.7 Å². The van der Waals surface area contributed by atoms with E-state index in [-0.39, 0.29) is 24.2 Å². The standard InChI is InChI=1S/C23H40O5/c1-21(2,3)27-19(24)16-22(4,5)28-23(20(25)26,17-12-8-6-9-13-17)18-14-10-7-11-15-18/h17-18H,6-16H2,1-5H3,(H,25,26). The minimum absolute atomic E-state index is 0.0137. The highest BCUT2D eigenvalue weighted by Crippen LogP contribution is 2.47. The second kappa shape index (κ2) is 9.15. The molecule has 2 aliphatic rings. The third-order valence-corrected chi connectivity index (χ3v) is 6.19. The molecule has 0 amide bonds. The second-order valence-corrected chi connectivity index (χ2v) is 10.4. The van der Waals surface area contributed by atoms with Gasteiger partial charge in [-0.1, -0.05) is 38.5 Å². The van der Waals surface area contributed by atoms with Gasteiger partial charge in [0.05, 0.1) is 12.0 Å². The van der Waals surface area contributed by atoms with Crippen molar-refractivity contribution in [1.82, 2.24) is 0 Å². The third-order valence-electron chi connectivity index (χ3n) is 6.19. The zero-order valence-corrected chi connectivity index (χ0v) is 18.5. The van der Waals surface area contributed by atoms with Crippen molar-refractivity contribution in [3.05, 3.63) is 0 Å². The van der Waals surface area contributed by atoms with E-state index < -0.39 is 22.8 Å². The molecule has 28 heavy (non-hydrogen) atoms. The van der Waals surface area contributed by atoms with E-state index in [1.807, 2.05) is 34.6 Å². The summed E-state index contributed by atoms with van der Waals surface area (Å²) >= 11 is 0. The van der Waals surface area contributed by atoms with Gasteiger partial charge in [0.2, 0.25) is 0 Å². The Balaban J connectivity index is 2.28. The Kier molecular flexibility index (Phi) is 7.57. The topological polar surface area (TPSA) is 72.8 Å². The van der Waals surface area contributed by atoms with Gasteiger partial charge < -0.3 is 14.6 Å². The highest BCUT2D eigenvalue weighted by molar-refractivity contribution is 5.79. The third kappa shape index (κ3) is 5.95. The van der Waals surface area contributed by atoms with E-state index in [2.05, 4.69) is 0 Å². The van der Waals surface area contributed by atoms with Crippen LogP contribution in [0.15, 0.2) is 0 Å². The van der Waals surface area contributed by atoms with Gasteiger partial charge in [-0.3, -0.25) is 4.79 Å². The molecule has 1 N–H and O–H groups in total. The van der Waals surface area contributed by atoms with Crippen LogP contribution in [-0.4, -0.2) is 33.8 Å². The lowest BCUT2D eigenvalue weighted by atomic mass is 9.65. The molecule has 0 aliphatic heterocycles. The molecule has 0 atom stereocenters. The van der Waals surface area contributed by atoms with Crippen LogP contribution in [0.25, 0.3) is 0 Å².